The molecular weight excluding hydrogens is 260 g/mol. The van der Waals surface area contributed by atoms with E-state index < -0.39 is 0 Å². The number of nitrogens with one attached hydrogen (secondary N) is 1. The molecule has 21 heavy (non-hydrogen) atoms. The van der Waals surface area contributed by atoms with Crippen molar-refractivity contribution < 1.29 is 4.74 Å². The molecule has 3 heteroatoms. The van der Waals surface area contributed by atoms with Crippen LogP contribution in [0.15, 0.2) is 24.3 Å². The van der Waals surface area contributed by atoms with Crippen LogP contribution >= 0.6 is 0 Å². The molecule has 2 aliphatic heterocycles. The van der Waals surface area contributed by atoms with E-state index in [4.69, 9.17) is 4.74 Å². The van der Waals surface area contributed by atoms with Gasteiger partial charge in [-0.2, -0.15) is 0 Å². The van der Waals surface area contributed by atoms with Crippen LogP contribution in [-0.2, 0) is 0 Å². The minimum atomic E-state index is 0.625. The fraction of sp³-hybridized carbons (Fsp3) is 0.667. The normalized spacial score (nSPS) is 29.7. The second-order valence-corrected chi connectivity index (χ2v) is 6.40. The van der Waals surface area contributed by atoms with Crippen molar-refractivity contribution in [3.8, 4) is 5.75 Å². The molecule has 0 aromatic heterocycles. The maximum atomic E-state index is 5.81. The second-order valence-electron chi connectivity index (χ2n) is 6.40. The van der Waals surface area contributed by atoms with Gasteiger partial charge in [0.2, 0.25) is 0 Å². The number of hydrogen-bond donors (Lipinski definition) is 1. The van der Waals surface area contributed by atoms with Gasteiger partial charge in [-0.3, -0.25) is 4.90 Å². The van der Waals surface area contributed by atoms with Crippen LogP contribution in [0.4, 0.5) is 0 Å². The first-order valence-corrected chi connectivity index (χ1v) is 8.51. The number of piperazine rings is 1. The topological polar surface area (TPSA) is 24.5 Å². The quantitative estimate of drug-likeness (QED) is 0.922. The lowest BCUT2D eigenvalue weighted by Crippen LogP contribution is -2.56. The van der Waals surface area contributed by atoms with Gasteiger partial charge >= 0.3 is 0 Å². The Hall–Kier alpha value is -1.06. The summed E-state index contributed by atoms with van der Waals surface area (Å²) < 4.78 is 5.81. The van der Waals surface area contributed by atoms with Gasteiger partial charge in [-0.15, -0.1) is 0 Å². The molecule has 3 rings (SSSR count). The van der Waals surface area contributed by atoms with Crippen molar-refractivity contribution in [1.82, 2.24) is 10.2 Å². The standard InChI is InChI=1S/C18H28N2O/c1-3-15-13-20(16(4-2)11-19-15)12-14-9-10-21-18-8-6-5-7-17(14)18/h5-8,14-16,19H,3-4,9-13H2,1-2H3. The highest BCUT2D eigenvalue weighted by Crippen LogP contribution is 2.34. The van der Waals surface area contributed by atoms with Gasteiger partial charge in [0.15, 0.2) is 0 Å². The number of fused-ring (bicyclic) bond motifs is 1. The van der Waals surface area contributed by atoms with E-state index in [1.165, 1.54) is 31.5 Å². The molecule has 0 radical (unpaired) electrons. The third kappa shape index (κ3) is 3.24. The van der Waals surface area contributed by atoms with Gasteiger partial charge < -0.3 is 10.1 Å². The Morgan fingerprint density at radius 3 is 2.90 bits per heavy atom. The SMILES string of the molecule is CCC1CN(CC2CCOc3ccccc32)C(CC)CN1. The van der Waals surface area contributed by atoms with Crippen LogP contribution in [0.1, 0.15) is 44.6 Å². The maximum Gasteiger partial charge on any atom is 0.122 e. The Morgan fingerprint density at radius 2 is 2.10 bits per heavy atom. The van der Waals surface area contributed by atoms with Crippen LogP contribution in [0.25, 0.3) is 0 Å². The van der Waals surface area contributed by atoms with E-state index in [0.29, 0.717) is 18.0 Å². The van der Waals surface area contributed by atoms with E-state index in [1.807, 2.05) is 0 Å². The summed E-state index contributed by atoms with van der Waals surface area (Å²) >= 11 is 0. The third-order valence-corrected chi connectivity index (χ3v) is 5.12. The fourth-order valence-corrected chi connectivity index (χ4v) is 3.72. The van der Waals surface area contributed by atoms with Crippen LogP contribution in [0.3, 0.4) is 0 Å². The summed E-state index contributed by atoms with van der Waals surface area (Å²) in [7, 11) is 0. The monoisotopic (exact) mass is 288 g/mol. The molecule has 1 aromatic rings. The number of benzene rings is 1. The van der Waals surface area contributed by atoms with Crippen molar-refractivity contribution in [3.05, 3.63) is 29.8 Å². The largest absolute Gasteiger partial charge is 0.493 e. The van der Waals surface area contributed by atoms with E-state index >= 15 is 0 Å². The lowest BCUT2D eigenvalue weighted by atomic mass is 9.91. The summed E-state index contributed by atoms with van der Waals surface area (Å²) in [6.45, 7) is 8.96. The predicted octanol–water partition coefficient (Wildman–Crippen LogP) is 3.02. The Bertz CT molecular complexity index is 462. The highest BCUT2D eigenvalue weighted by atomic mass is 16.5. The van der Waals surface area contributed by atoms with E-state index in [9.17, 15) is 0 Å². The smallest absolute Gasteiger partial charge is 0.122 e. The minimum absolute atomic E-state index is 0.625. The molecule has 0 saturated carbocycles. The van der Waals surface area contributed by atoms with Crippen molar-refractivity contribution in [1.29, 1.82) is 0 Å². The average Bonchev–Trinajstić information content (AvgIpc) is 2.55. The van der Waals surface area contributed by atoms with E-state index in [2.05, 4.69) is 48.3 Å². The molecule has 3 unspecified atom stereocenters. The molecule has 0 aliphatic carbocycles. The van der Waals surface area contributed by atoms with Gasteiger partial charge in [0, 0.05) is 37.6 Å². The van der Waals surface area contributed by atoms with E-state index in [-0.39, 0.29) is 0 Å². The molecule has 0 bridgehead atoms. The Balaban J connectivity index is 1.73. The summed E-state index contributed by atoms with van der Waals surface area (Å²) in [4.78, 5) is 2.72. The van der Waals surface area contributed by atoms with Crippen molar-refractivity contribution in [2.24, 2.45) is 0 Å². The van der Waals surface area contributed by atoms with Gasteiger partial charge in [0.1, 0.15) is 5.75 Å². The van der Waals surface area contributed by atoms with Crippen LogP contribution < -0.4 is 10.1 Å². The Kier molecular flexibility index (Phi) is 4.81. The summed E-state index contributed by atoms with van der Waals surface area (Å²) in [5.41, 5.74) is 1.41. The highest BCUT2D eigenvalue weighted by Gasteiger charge is 2.30. The number of rotatable bonds is 4. The van der Waals surface area contributed by atoms with Crippen LogP contribution in [0, 0.1) is 0 Å². The maximum absolute atomic E-state index is 5.81. The zero-order valence-electron chi connectivity index (χ0n) is 13.3. The molecule has 2 heterocycles. The number of hydrogen-bond acceptors (Lipinski definition) is 3. The summed E-state index contributed by atoms with van der Waals surface area (Å²) in [5.74, 6) is 1.73. The lowest BCUT2D eigenvalue weighted by Gasteiger charge is -2.42. The minimum Gasteiger partial charge on any atom is -0.493 e. The van der Waals surface area contributed by atoms with Crippen molar-refractivity contribution >= 4 is 0 Å². The summed E-state index contributed by atoms with van der Waals surface area (Å²) in [5, 5.41) is 3.69. The number of nitrogens with zero attached hydrogens (tertiary/aromatic N) is 1. The second kappa shape index (κ2) is 6.80. The Morgan fingerprint density at radius 1 is 1.24 bits per heavy atom. The molecule has 0 amide bonds. The molecule has 116 valence electrons. The third-order valence-electron chi connectivity index (χ3n) is 5.12. The van der Waals surface area contributed by atoms with Crippen molar-refractivity contribution in [2.75, 3.05) is 26.2 Å². The summed E-state index contributed by atoms with van der Waals surface area (Å²) in [6.07, 6.45) is 3.60. The average molecular weight is 288 g/mol. The molecule has 1 N–H and O–H groups in total. The van der Waals surface area contributed by atoms with Crippen LogP contribution in [0.5, 0.6) is 5.75 Å². The highest BCUT2D eigenvalue weighted by molar-refractivity contribution is 5.38. The molecule has 1 fully saturated rings. The Labute approximate surface area is 128 Å². The van der Waals surface area contributed by atoms with E-state index in [1.54, 1.807) is 0 Å². The van der Waals surface area contributed by atoms with Gasteiger partial charge in [-0.1, -0.05) is 32.0 Å². The van der Waals surface area contributed by atoms with Crippen LogP contribution in [0.2, 0.25) is 0 Å². The molecule has 1 saturated heterocycles. The first-order chi connectivity index (χ1) is 10.3. The van der Waals surface area contributed by atoms with Crippen molar-refractivity contribution in [3.63, 3.8) is 0 Å². The molecule has 0 spiro atoms. The molecular formula is C18H28N2O. The van der Waals surface area contributed by atoms with Gasteiger partial charge in [0.05, 0.1) is 6.61 Å². The number of ether oxygens (including phenoxy) is 1. The lowest BCUT2D eigenvalue weighted by molar-refractivity contribution is 0.109. The molecule has 1 aromatic carbocycles. The first-order valence-electron chi connectivity index (χ1n) is 8.51. The van der Waals surface area contributed by atoms with E-state index in [0.717, 1.165) is 25.3 Å². The summed E-state index contributed by atoms with van der Waals surface area (Å²) in [6, 6.07) is 9.93. The molecule has 3 nitrogen and oxygen atoms in total. The fourth-order valence-electron chi connectivity index (χ4n) is 3.72. The van der Waals surface area contributed by atoms with Crippen LogP contribution in [-0.4, -0.2) is 43.2 Å². The van der Waals surface area contributed by atoms with Crippen molar-refractivity contribution in [2.45, 2.75) is 51.1 Å². The van der Waals surface area contributed by atoms with Gasteiger partial charge in [-0.25, -0.2) is 0 Å². The zero-order valence-corrected chi connectivity index (χ0v) is 13.3. The number of para-hydroxylation sites is 1. The molecule has 3 atom stereocenters. The zero-order chi connectivity index (χ0) is 14.7. The first kappa shape index (κ1) is 14.9. The predicted molar refractivity (Wildman–Crippen MR) is 87.0 cm³/mol. The molecule has 2 aliphatic rings. The van der Waals surface area contributed by atoms with Gasteiger partial charge in [0.25, 0.3) is 0 Å². The van der Waals surface area contributed by atoms with Gasteiger partial charge in [-0.05, 0) is 30.9 Å².